The lowest BCUT2D eigenvalue weighted by Gasteiger charge is -2.09. The Morgan fingerprint density at radius 1 is 1.08 bits per heavy atom. The van der Waals surface area contributed by atoms with Gasteiger partial charge in [-0.3, -0.25) is 0 Å². The second-order valence-corrected chi connectivity index (χ2v) is 6.31. The molecule has 0 atom stereocenters. The van der Waals surface area contributed by atoms with Gasteiger partial charge in [0.2, 0.25) is 8.07 Å². The molecule has 0 aliphatic heterocycles. The highest BCUT2D eigenvalue weighted by atomic mass is 28.3. The van der Waals surface area contributed by atoms with Crippen molar-refractivity contribution in [3.05, 3.63) is 36.8 Å². The van der Waals surface area contributed by atoms with Crippen LogP contribution < -0.4 is 0 Å². The predicted octanol–water partition coefficient (Wildman–Crippen LogP) is 2.81. The molecule has 0 fully saturated rings. The van der Waals surface area contributed by atoms with Crippen molar-refractivity contribution in [3.63, 3.8) is 0 Å². The first-order valence-corrected chi connectivity index (χ1v) is 6.27. The van der Waals surface area contributed by atoms with Crippen molar-refractivity contribution in [3.8, 4) is 11.5 Å². The minimum Gasteiger partial charge on any atom is -0.116 e. The van der Waals surface area contributed by atoms with Crippen molar-refractivity contribution >= 4 is 8.07 Å². The number of hydrogen-bond acceptors (Lipinski definition) is 0. The maximum absolute atomic E-state index is 3.77. The minimum absolute atomic E-state index is 0.400. The molecule has 0 unspecified atom stereocenters. The van der Waals surface area contributed by atoms with E-state index in [9.17, 15) is 0 Å². The molecule has 1 heteroatoms. The summed E-state index contributed by atoms with van der Waals surface area (Å²) in [5.74, 6) is 3.54. The Hall–Kier alpha value is -1.00. The third-order valence-electron chi connectivity index (χ3n) is 1.59. The van der Waals surface area contributed by atoms with Crippen molar-refractivity contribution in [1.82, 2.24) is 0 Å². The van der Waals surface area contributed by atoms with E-state index >= 15 is 0 Å². The Balaban J connectivity index is 4.78. The molecule has 0 aliphatic rings. The fourth-order valence-electron chi connectivity index (χ4n) is 0.672. The third kappa shape index (κ3) is 2.94. The summed E-state index contributed by atoms with van der Waals surface area (Å²) in [4.78, 5) is 0. The van der Waals surface area contributed by atoms with Gasteiger partial charge < -0.3 is 0 Å². The Morgan fingerprint density at radius 3 is 1.75 bits per heavy atom. The lowest BCUT2D eigenvalue weighted by molar-refractivity contribution is 0.867. The van der Waals surface area contributed by atoms with Gasteiger partial charge in [-0.2, -0.15) is 0 Å². The summed E-state index contributed by atoms with van der Waals surface area (Å²) in [5, 5.41) is 0. The standard InChI is InChI=1S/C11H16Si/c1-6-12(7-2,8-3)10-9-11(4)5/h6-8,11H,1-3H2,4-5H3. The maximum Gasteiger partial charge on any atom is 0.206 e. The first-order chi connectivity index (χ1) is 5.60. The van der Waals surface area contributed by atoms with Crippen LogP contribution in [0, 0.1) is 17.4 Å². The Morgan fingerprint density at radius 2 is 1.50 bits per heavy atom. The minimum atomic E-state index is -1.85. The van der Waals surface area contributed by atoms with Crippen molar-refractivity contribution in [2.75, 3.05) is 0 Å². The summed E-state index contributed by atoms with van der Waals surface area (Å²) in [6, 6.07) is 0. The van der Waals surface area contributed by atoms with Crippen LogP contribution in [0.2, 0.25) is 0 Å². The molecule has 0 rings (SSSR count). The lowest BCUT2D eigenvalue weighted by atomic mass is 10.2. The predicted molar refractivity (Wildman–Crippen MR) is 59.0 cm³/mol. The van der Waals surface area contributed by atoms with Gasteiger partial charge in [0.25, 0.3) is 0 Å². The molecule has 0 aromatic heterocycles. The van der Waals surface area contributed by atoms with Crippen LogP contribution in [0.15, 0.2) is 36.8 Å². The molecule has 0 nitrogen and oxygen atoms in total. The first-order valence-electron chi connectivity index (χ1n) is 4.03. The van der Waals surface area contributed by atoms with Gasteiger partial charge in [0, 0.05) is 5.92 Å². The summed E-state index contributed by atoms with van der Waals surface area (Å²) in [6.07, 6.45) is 0. The van der Waals surface area contributed by atoms with Gasteiger partial charge in [0.1, 0.15) is 0 Å². The van der Waals surface area contributed by atoms with Gasteiger partial charge in [0.15, 0.2) is 0 Å². The van der Waals surface area contributed by atoms with Gasteiger partial charge in [-0.15, -0.1) is 31.2 Å². The molecule has 64 valence electrons. The average Bonchev–Trinajstić information content (AvgIpc) is 2.08. The zero-order chi connectivity index (χ0) is 9.61. The number of rotatable bonds is 3. The van der Waals surface area contributed by atoms with Crippen LogP contribution >= 0.6 is 0 Å². The van der Waals surface area contributed by atoms with Crippen LogP contribution in [0.3, 0.4) is 0 Å². The molecular formula is C11H16Si. The summed E-state index contributed by atoms with van der Waals surface area (Å²) in [7, 11) is -1.85. The third-order valence-corrected chi connectivity index (χ3v) is 4.19. The molecule has 0 aromatic carbocycles. The second-order valence-electron chi connectivity index (χ2n) is 2.97. The van der Waals surface area contributed by atoms with Crippen LogP contribution in [0.4, 0.5) is 0 Å². The van der Waals surface area contributed by atoms with E-state index in [2.05, 4.69) is 45.0 Å². The maximum atomic E-state index is 3.77. The molecule has 0 spiro atoms. The van der Waals surface area contributed by atoms with Crippen LogP contribution in [-0.4, -0.2) is 8.07 Å². The fraction of sp³-hybridized carbons (Fsp3) is 0.273. The molecule has 0 amide bonds. The highest BCUT2D eigenvalue weighted by Crippen LogP contribution is 2.05. The molecule has 0 aromatic rings. The normalized spacial score (nSPS) is 9.92. The Kier molecular flexibility index (Phi) is 4.39. The lowest BCUT2D eigenvalue weighted by Crippen LogP contribution is -2.24. The fourth-order valence-corrected chi connectivity index (χ4v) is 2.02. The SMILES string of the molecule is C=C[Si](C#CC(C)C)(C=C)C=C. The summed E-state index contributed by atoms with van der Waals surface area (Å²) < 4.78 is 0. The molecule has 0 heterocycles. The average molecular weight is 176 g/mol. The monoisotopic (exact) mass is 176 g/mol. The molecule has 0 aliphatic carbocycles. The van der Waals surface area contributed by atoms with Crippen LogP contribution in [0.1, 0.15) is 13.8 Å². The van der Waals surface area contributed by atoms with Gasteiger partial charge in [0.05, 0.1) is 0 Å². The van der Waals surface area contributed by atoms with E-state index < -0.39 is 8.07 Å². The molecule has 0 bridgehead atoms. The molecule has 12 heavy (non-hydrogen) atoms. The van der Waals surface area contributed by atoms with Crippen molar-refractivity contribution in [2.45, 2.75) is 13.8 Å². The molecule has 0 N–H and O–H groups in total. The van der Waals surface area contributed by atoms with Crippen LogP contribution in [0.5, 0.6) is 0 Å². The van der Waals surface area contributed by atoms with E-state index in [0.717, 1.165) is 0 Å². The van der Waals surface area contributed by atoms with E-state index in [1.807, 2.05) is 17.1 Å². The zero-order valence-corrected chi connectivity index (χ0v) is 8.93. The molecule has 0 radical (unpaired) electrons. The summed E-state index contributed by atoms with van der Waals surface area (Å²) in [6.45, 7) is 15.5. The highest BCUT2D eigenvalue weighted by Gasteiger charge is 2.17. The Labute approximate surface area is 76.7 Å². The highest BCUT2D eigenvalue weighted by molar-refractivity contribution is 6.99. The molecule has 0 saturated carbocycles. The van der Waals surface area contributed by atoms with E-state index in [0.29, 0.717) is 5.92 Å². The van der Waals surface area contributed by atoms with Gasteiger partial charge >= 0.3 is 0 Å². The summed E-state index contributed by atoms with van der Waals surface area (Å²) >= 11 is 0. The van der Waals surface area contributed by atoms with Crippen molar-refractivity contribution < 1.29 is 0 Å². The quantitative estimate of drug-likeness (QED) is 0.458. The Bertz CT molecular complexity index is 216. The van der Waals surface area contributed by atoms with Crippen molar-refractivity contribution in [1.29, 1.82) is 0 Å². The van der Waals surface area contributed by atoms with Gasteiger partial charge in [-0.1, -0.05) is 30.9 Å². The van der Waals surface area contributed by atoms with Crippen LogP contribution in [0.25, 0.3) is 0 Å². The van der Waals surface area contributed by atoms with E-state index in [-0.39, 0.29) is 0 Å². The smallest absolute Gasteiger partial charge is 0.116 e. The zero-order valence-electron chi connectivity index (χ0n) is 7.93. The van der Waals surface area contributed by atoms with Gasteiger partial charge in [-0.05, 0) is 0 Å². The second kappa shape index (κ2) is 4.79. The van der Waals surface area contributed by atoms with E-state index in [1.165, 1.54) is 0 Å². The van der Waals surface area contributed by atoms with E-state index in [4.69, 9.17) is 0 Å². The van der Waals surface area contributed by atoms with E-state index in [1.54, 1.807) is 0 Å². The number of hydrogen-bond donors (Lipinski definition) is 0. The van der Waals surface area contributed by atoms with Crippen LogP contribution in [-0.2, 0) is 0 Å². The molecular weight excluding hydrogens is 160 g/mol. The summed E-state index contributed by atoms with van der Waals surface area (Å²) in [5.41, 5.74) is 8.89. The topological polar surface area (TPSA) is 0 Å². The largest absolute Gasteiger partial charge is 0.206 e. The molecule has 0 saturated heterocycles. The van der Waals surface area contributed by atoms with Gasteiger partial charge in [-0.25, -0.2) is 0 Å². The van der Waals surface area contributed by atoms with Crippen molar-refractivity contribution in [2.24, 2.45) is 5.92 Å². The first kappa shape index (κ1) is 11.0.